The summed E-state index contributed by atoms with van der Waals surface area (Å²) >= 11 is 0. The topological polar surface area (TPSA) is 53.6 Å². The number of nitrogens with one attached hydrogen (secondary N) is 2. The Bertz CT molecular complexity index is 466. The van der Waals surface area contributed by atoms with Gasteiger partial charge in [0, 0.05) is 18.4 Å². The molecule has 2 aromatic heterocycles. The third-order valence-electron chi connectivity index (χ3n) is 2.90. The van der Waals surface area contributed by atoms with Crippen molar-refractivity contribution >= 4 is 0 Å². The predicted octanol–water partition coefficient (Wildman–Crippen LogP) is 2.75. The van der Waals surface area contributed by atoms with E-state index in [-0.39, 0.29) is 17.9 Å². The average Bonchev–Trinajstić information content (AvgIpc) is 2.91. The van der Waals surface area contributed by atoms with Gasteiger partial charge in [0.2, 0.25) is 0 Å². The standard InChI is InChI=1S/C13H17FN4/c1-3-11(12-5-4-10(14)8-17-12)18-9(2)13-15-6-7-16-13/h4-9,11,18H,3H2,1-2H3,(H,15,16). The summed E-state index contributed by atoms with van der Waals surface area (Å²) < 4.78 is 12.8. The molecule has 0 aliphatic heterocycles. The molecule has 0 bridgehead atoms. The monoisotopic (exact) mass is 248 g/mol. The van der Waals surface area contributed by atoms with Crippen molar-refractivity contribution in [2.75, 3.05) is 0 Å². The lowest BCUT2D eigenvalue weighted by atomic mass is 10.1. The van der Waals surface area contributed by atoms with Crippen molar-refractivity contribution in [1.29, 1.82) is 0 Å². The fraction of sp³-hybridized carbons (Fsp3) is 0.385. The smallest absolute Gasteiger partial charge is 0.141 e. The summed E-state index contributed by atoms with van der Waals surface area (Å²) in [4.78, 5) is 11.4. The molecule has 2 N–H and O–H groups in total. The Balaban J connectivity index is 2.07. The molecular weight excluding hydrogens is 231 g/mol. The lowest BCUT2D eigenvalue weighted by molar-refractivity contribution is 0.436. The molecule has 2 rings (SSSR count). The fourth-order valence-corrected chi connectivity index (χ4v) is 1.90. The van der Waals surface area contributed by atoms with E-state index >= 15 is 0 Å². The van der Waals surface area contributed by atoms with Gasteiger partial charge in [-0.1, -0.05) is 6.92 Å². The minimum absolute atomic E-state index is 0.0886. The summed E-state index contributed by atoms with van der Waals surface area (Å²) in [5, 5.41) is 3.43. The van der Waals surface area contributed by atoms with Crippen molar-refractivity contribution in [3.05, 3.63) is 48.1 Å². The molecule has 0 aliphatic carbocycles. The third kappa shape index (κ3) is 2.92. The fourth-order valence-electron chi connectivity index (χ4n) is 1.90. The Hall–Kier alpha value is -1.75. The Kier molecular flexibility index (Phi) is 4.04. The molecule has 2 heterocycles. The number of aromatic nitrogens is 3. The molecule has 2 unspecified atom stereocenters. The second kappa shape index (κ2) is 5.73. The van der Waals surface area contributed by atoms with E-state index in [0.29, 0.717) is 0 Å². The van der Waals surface area contributed by atoms with Crippen molar-refractivity contribution in [3.63, 3.8) is 0 Å². The summed E-state index contributed by atoms with van der Waals surface area (Å²) in [6, 6.07) is 3.33. The third-order valence-corrected chi connectivity index (χ3v) is 2.90. The highest BCUT2D eigenvalue weighted by molar-refractivity contribution is 5.10. The van der Waals surface area contributed by atoms with Crippen molar-refractivity contribution in [3.8, 4) is 0 Å². The van der Waals surface area contributed by atoms with Crippen LogP contribution in [0.4, 0.5) is 4.39 Å². The van der Waals surface area contributed by atoms with Gasteiger partial charge in [0.15, 0.2) is 0 Å². The van der Waals surface area contributed by atoms with Gasteiger partial charge < -0.3 is 4.98 Å². The van der Waals surface area contributed by atoms with Gasteiger partial charge in [0.1, 0.15) is 11.6 Å². The van der Waals surface area contributed by atoms with Crippen LogP contribution in [0.15, 0.2) is 30.7 Å². The lowest BCUT2D eigenvalue weighted by Crippen LogP contribution is -2.25. The van der Waals surface area contributed by atoms with Crippen LogP contribution in [0.1, 0.15) is 43.9 Å². The van der Waals surface area contributed by atoms with Gasteiger partial charge >= 0.3 is 0 Å². The van der Waals surface area contributed by atoms with Crippen LogP contribution in [0.3, 0.4) is 0 Å². The molecule has 5 heteroatoms. The van der Waals surface area contributed by atoms with E-state index < -0.39 is 0 Å². The van der Waals surface area contributed by atoms with Crippen LogP contribution >= 0.6 is 0 Å². The first-order chi connectivity index (χ1) is 8.70. The number of H-pyrrole nitrogens is 1. The number of halogens is 1. The predicted molar refractivity (Wildman–Crippen MR) is 67.4 cm³/mol. The number of nitrogens with zero attached hydrogens (tertiary/aromatic N) is 2. The first-order valence-corrected chi connectivity index (χ1v) is 6.07. The molecule has 0 saturated carbocycles. The molecule has 0 amide bonds. The van der Waals surface area contributed by atoms with Crippen molar-refractivity contribution in [2.24, 2.45) is 0 Å². The SMILES string of the molecule is CCC(NC(C)c1ncc[nH]1)c1ccc(F)cn1. The normalized spacial score (nSPS) is 14.4. The summed E-state index contributed by atoms with van der Waals surface area (Å²) in [5.74, 6) is 0.572. The largest absolute Gasteiger partial charge is 0.347 e. The van der Waals surface area contributed by atoms with E-state index in [1.165, 1.54) is 12.3 Å². The van der Waals surface area contributed by atoms with Gasteiger partial charge in [-0.05, 0) is 25.5 Å². The summed E-state index contributed by atoms with van der Waals surface area (Å²) in [7, 11) is 0. The van der Waals surface area contributed by atoms with Crippen molar-refractivity contribution in [1.82, 2.24) is 20.3 Å². The molecule has 96 valence electrons. The minimum Gasteiger partial charge on any atom is -0.347 e. The maximum Gasteiger partial charge on any atom is 0.141 e. The highest BCUT2D eigenvalue weighted by atomic mass is 19.1. The van der Waals surface area contributed by atoms with Crippen LogP contribution < -0.4 is 5.32 Å². The van der Waals surface area contributed by atoms with E-state index in [2.05, 4.69) is 27.2 Å². The number of imidazole rings is 1. The number of pyridine rings is 1. The molecule has 0 aliphatic rings. The summed E-state index contributed by atoms with van der Waals surface area (Å²) in [6.45, 7) is 4.10. The first kappa shape index (κ1) is 12.7. The Morgan fingerprint density at radius 2 is 2.22 bits per heavy atom. The lowest BCUT2D eigenvalue weighted by Gasteiger charge is -2.20. The van der Waals surface area contributed by atoms with Crippen molar-refractivity contribution in [2.45, 2.75) is 32.4 Å². The van der Waals surface area contributed by atoms with Crippen LogP contribution in [0.2, 0.25) is 0 Å². The second-order valence-electron chi connectivity index (χ2n) is 4.22. The highest BCUT2D eigenvalue weighted by Gasteiger charge is 2.16. The van der Waals surface area contributed by atoms with Gasteiger partial charge in [0.25, 0.3) is 0 Å². The Morgan fingerprint density at radius 3 is 2.78 bits per heavy atom. The number of hydrogen-bond acceptors (Lipinski definition) is 3. The van der Waals surface area contributed by atoms with Gasteiger partial charge in [-0.25, -0.2) is 9.37 Å². The van der Waals surface area contributed by atoms with Gasteiger partial charge in [0.05, 0.1) is 17.9 Å². The molecular formula is C13H17FN4. The number of rotatable bonds is 5. The van der Waals surface area contributed by atoms with Crippen LogP contribution in [0.25, 0.3) is 0 Å². The van der Waals surface area contributed by atoms with E-state index in [1.54, 1.807) is 18.5 Å². The maximum absolute atomic E-state index is 12.8. The zero-order chi connectivity index (χ0) is 13.0. The van der Waals surface area contributed by atoms with E-state index in [1.807, 2.05) is 6.92 Å². The van der Waals surface area contributed by atoms with Crippen LogP contribution in [-0.4, -0.2) is 15.0 Å². The van der Waals surface area contributed by atoms with E-state index in [0.717, 1.165) is 17.9 Å². The van der Waals surface area contributed by atoms with Crippen LogP contribution in [0.5, 0.6) is 0 Å². The Morgan fingerprint density at radius 1 is 1.39 bits per heavy atom. The molecule has 0 fully saturated rings. The molecule has 2 atom stereocenters. The van der Waals surface area contributed by atoms with Gasteiger partial charge in [-0.2, -0.15) is 0 Å². The first-order valence-electron chi connectivity index (χ1n) is 6.07. The Labute approximate surface area is 106 Å². The number of hydrogen-bond donors (Lipinski definition) is 2. The maximum atomic E-state index is 12.8. The zero-order valence-corrected chi connectivity index (χ0v) is 10.5. The highest BCUT2D eigenvalue weighted by Crippen LogP contribution is 2.19. The van der Waals surface area contributed by atoms with Crippen molar-refractivity contribution < 1.29 is 4.39 Å². The summed E-state index contributed by atoms with van der Waals surface area (Å²) in [6.07, 6.45) is 5.65. The number of aromatic amines is 1. The van der Waals surface area contributed by atoms with Gasteiger partial charge in [-0.15, -0.1) is 0 Å². The van der Waals surface area contributed by atoms with Crippen LogP contribution in [0, 0.1) is 5.82 Å². The summed E-state index contributed by atoms with van der Waals surface area (Å²) in [5.41, 5.74) is 0.845. The molecule has 0 saturated heterocycles. The molecule has 4 nitrogen and oxygen atoms in total. The molecule has 0 radical (unpaired) electrons. The molecule has 0 spiro atoms. The second-order valence-corrected chi connectivity index (χ2v) is 4.22. The molecule has 18 heavy (non-hydrogen) atoms. The van der Waals surface area contributed by atoms with E-state index in [9.17, 15) is 4.39 Å². The molecule has 0 aromatic carbocycles. The molecule has 2 aromatic rings. The zero-order valence-electron chi connectivity index (χ0n) is 10.5. The van der Waals surface area contributed by atoms with Gasteiger partial charge in [-0.3, -0.25) is 10.3 Å². The minimum atomic E-state index is -0.312. The van der Waals surface area contributed by atoms with Crippen LogP contribution in [-0.2, 0) is 0 Å². The van der Waals surface area contributed by atoms with E-state index in [4.69, 9.17) is 0 Å². The quantitative estimate of drug-likeness (QED) is 0.855. The average molecular weight is 248 g/mol.